The van der Waals surface area contributed by atoms with Gasteiger partial charge in [0, 0.05) is 6.07 Å². The highest BCUT2D eigenvalue weighted by Crippen LogP contribution is 2.43. The summed E-state index contributed by atoms with van der Waals surface area (Å²) in [5.74, 6) is -2.52. The first-order valence-electron chi connectivity index (χ1n) is 10.5. The Morgan fingerprint density at radius 1 is 1.00 bits per heavy atom. The number of carbonyl (C=O) groups excluding carboxylic acids is 3. The SMILES string of the molecule is O=C1NC(=O)N(c2ccc(O)cc2)C(=O)/C1=C/c1cc(Br)c(Oc2ccc(C(F)(F)F)cc2[N+](=O)[O-])c(Br)c1. The van der Waals surface area contributed by atoms with Crippen LogP contribution in [0.2, 0.25) is 0 Å². The zero-order valence-corrected chi connectivity index (χ0v) is 22.1. The third kappa shape index (κ3) is 5.78. The summed E-state index contributed by atoms with van der Waals surface area (Å²) in [5.41, 5.74) is -2.21. The Balaban J connectivity index is 1.68. The minimum absolute atomic E-state index is 0.0414. The van der Waals surface area contributed by atoms with Gasteiger partial charge < -0.3 is 9.84 Å². The van der Waals surface area contributed by atoms with Gasteiger partial charge in [-0.25, -0.2) is 9.69 Å². The molecule has 0 unspecified atom stereocenters. The van der Waals surface area contributed by atoms with Crippen LogP contribution >= 0.6 is 31.9 Å². The van der Waals surface area contributed by atoms with Crippen molar-refractivity contribution in [1.29, 1.82) is 0 Å². The van der Waals surface area contributed by atoms with Crippen molar-refractivity contribution in [2.45, 2.75) is 6.18 Å². The first kappa shape index (κ1) is 27.8. The van der Waals surface area contributed by atoms with E-state index in [0.29, 0.717) is 17.0 Å². The molecule has 1 fully saturated rings. The van der Waals surface area contributed by atoms with Crippen LogP contribution in [0.15, 0.2) is 69.1 Å². The predicted octanol–water partition coefficient (Wildman–Crippen LogP) is 6.30. The van der Waals surface area contributed by atoms with E-state index in [-0.39, 0.29) is 31.7 Å². The van der Waals surface area contributed by atoms with E-state index in [2.05, 4.69) is 37.2 Å². The number of nitro groups is 1. The fraction of sp³-hybridized carbons (Fsp3) is 0.0417. The summed E-state index contributed by atoms with van der Waals surface area (Å²) in [5, 5.41) is 22.9. The molecule has 1 aliphatic heterocycles. The van der Waals surface area contributed by atoms with Crippen molar-refractivity contribution >= 4 is 67.2 Å². The number of nitrogens with zero attached hydrogens (tertiary/aromatic N) is 2. The van der Waals surface area contributed by atoms with Crippen molar-refractivity contribution in [3.63, 3.8) is 0 Å². The van der Waals surface area contributed by atoms with E-state index in [0.717, 1.165) is 6.07 Å². The van der Waals surface area contributed by atoms with Gasteiger partial charge in [0.2, 0.25) is 5.75 Å². The normalized spacial score (nSPS) is 14.9. The molecule has 3 aromatic rings. The van der Waals surface area contributed by atoms with E-state index in [1.165, 1.54) is 42.5 Å². The number of halogens is 5. The number of barbiturate groups is 1. The second kappa shape index (κ2) is 10.5. The molecule has 0 bridgehead atoms. The molecule has 4 amide bonds. The second-order valence-electron chi connectivity index (χ2n) is 7.83. The Bertz CT molecular complexity index is 1550. The summed E-state index contributed by atoms with van der Waals surface area (Å²) in [6.45, 7) is 0. The van der Waals surface area contributed by atoms with Gasteiger partial charge in [-0.15, -0.1) is 0 Å². The molecule has 10 nitrogen and oxygen atoms in total. The highest BCUT2D eigenvalue weighted by atomic mass is 79.9. The molecule has 0 atom stereocenters. The quantitative estimate of drug-likeness (QED) is 0.141. The molecule has 1 saturated heterocycles. The molecular weight excluding hydrogens is 659 g/mol. The van der Waals surface area contributed by atoms with E-state index in [9.17, 15) is 42.8 Å². The van der Waals surface area contributed by atoms with E-state index in [1.54, 1.807) is 0 Å². The van der Waals surface area contributed by atoms with Gasteiger partial charge in [-0.2, -0.15) is 13.2 Å². The van der Waals surface area contributed by atoms with Gasteiger partial charge in [0.25, 0.3) is 11.8 Å². The maximum Gasteiger partial charge on any atom is 0.416 e. The Kier molecular flexibility index (Phi) is 7.48. The molecule has 1 heterocycles. The molecule has 0 spiro atoms. The maximum absolute atomic E-state index is 13.0. The summed E-state index contributed by atoms with van der Waals surface area (Å²) in [4.78, 5) is 48.9. The zero-order chi connectivity index (χ0) is 28.6. The topological polar surface area (TPSA) is 139 Å². The van der Waals surface area contributed by atoms with Crippen LogP contribution in [0.25, 0.3) is 6.08 Å². The number of hydrogen-bond donors (Lipinski definition) is 2. The number of benzene rings is 3. The smallest absolute Gasteiger partial charge is 0.416 e. The van der Waals surface area contributed by atoms with Crippen LogP contribution in [0.3, 0.4) is 0 Å². The molecule has 3 aromatic carbocycles. The molecule has 39 heavy (non-hydrogen) atoms. The monoisotopic (exact) mass is 669 g/mol. The van der Waals surface area contributed by atoms with Crippen LogP contribution in [-0.2, 0) is 15.8 Å². The molecule has 200 valence electrons. The van der Waals surface area contributed by atoms with Crippen LogP contribution in [0.4, 0.5) is 29.3 Å². The van der Waals surface area contributed by atoms with Gasteiger partial charge in [-0.1, -0.05) is 0 Å². The lowest BCUT2D eigenvalue weighted by Gasteiger charge is -2.26. The van der Waals surface area contributed by atoms with Crippen LogP contribution in [-0.4, -0.2) is 27.9 Å². The van der Waals surface area contributed by atoms with Crippen molar-refractivity contribution in [3.8, 4) is 17.2 Å². The number of amides is 4. The van der Waals surface area contributed by atoms with Crippen molar-refractivity contribution in [2.24, 2.45) is 0 Å². The van der Waals surface area contributed by atoms with E-state index < -0.39 is 51.5 Å². The fourth-order valence-corrected chi connectivity index (χ4v) is 4.84. The Morgan fingerprint density at radius 2 is 1.62 bits per heavy atom. The minimum atomic E-state index is -4.80. The number of nitro benzene ring substituents is 1. The van der Waals surface area contributed by atoms with E-state index >= 15 is 0 Å². The summed E-state index contributed by atoms with van der Waals surface area (Å²) >= 11 is 6.43. The van der Waals surface area contributed by atoms with Gasteiger partial charge in [0.05, 0.1) is 25.1 Å². The molecule has 0 aromatic heterocycles. The first-order chi connectivity index (χ1) is 18.3. The molecule has 2 N–H and O–H groups in total. The molecule has 0 aliphatic carbocycles. The van der Waals surface area contributed by atoms with Crippen molar-refractivity contribution in [2.75, 3.05) is 4.90 Å². The van der Waals surface area contributed by atoms with Crippen LogP contribution in [0.5, 0.6) is 17.2 Å². The van der Waals surface area contributed by atoms with Gasteiger partial charge >= 0.3 is 17.9 Å². The molecule has 0 saturated carbocycles. The Morgan fingerprint density at radius 3 is 2.18 bits per heavy atom. The Hall–Kier alpha value is -4.24. The van der Waals surface area contributed by atoms with Crippen molar-refractivity contribution in [1.82, 2.24) is 5.32 Å². The number of alkyl halides is 3. The summed E-state index contributed by atoms with van der Waals surface area (Å²) in [6.07, 6.45) is -3.62. The highest BCUT2D eigenvalue weighted by Gasteiger charge is 2.37. The number of carbonyl (C=O) groups is 3. The van der Waals surface area contributed by atoms with Crippen LogP contribution < -0.4 is 15.0 Å². The van der Waals surface area contributed by atoms with Crippen molar-refractivity contribution in [3.05, 3.63) is 90.4 Å². The summed E-state index contributed by atoms with van der Waals surface area (Å²) in [7, 11) is 0. The average Bonchev–Trinajstić information content (AvgIpc) is 2.84. The number of phenolic OH excluding ortho intramolecular Hbond substituents is 1. The lowest BCUT2D eigenvalue weighted by Crippen LogP contribution is -2.54. The first-order valence-corrected chi connectivity index (χ1v) is 12.1. The number of imide groups is 2. The van der Waals surface area contributed by atoms with Crippen LogP contribution in [0, 0.1) is 10.1 Å². The standard InChI is InChI=1S/C24H12Br2F3N3O7/c25-16-8-11(7-15-21(34)30-23(36)31(22(15)35)13-2-4-14(33)5-3-13)9-17(26)20(16)39-19-6-1-12(24(27,28)29)10-18(19)32(37)38/h1-10,33H,(H,30,34,36)/b15-7+. The summed E-state index contributed by atoms with van der Waals surface area (Å²) < 4.78 is 44.9. The number of hydrogen-bond acceptors (Lipinski definition) is 7. The number of rotatable bonds is 5. The molecular formula is C24H12Br2F3N3O7. The molecule has 0 radical (unpaired) electrons. The van der Waals surface area contributed by atoms with Gasteiger partial charge in [0.15, 0.2) is 5.75 Å². The minimum Gasteiger partial charge on any atom is -0.508 e. The maximum atomic E-state index is 13.0. The Labute approximate surface area is 233 Å². The number of urea groups is 1. The van der Waals surface area contributed by atoms with Gasteiger partial charge in [0.1, 0.15) is 11.3 Å². The number of phenols is 1. The molecule has 4 rings (SSSR count). The molecule has 1 aliphatic rings. The second-order valence-corrected chi connectivity index (χ2v) is 9.54. The van der Waals surface area contributed by atoms with Crippen LogP contribution in [0.1, 0.15) is 11.1 Å². The third-order valence-electron chi connectivity index (χ3n) is 5.24. The van der Waals surface area contributed by atoms with Crippen molar-refractivity contribution < 1.29 is 42.3 Å². The lowest BCUT2D eigenvalue weighted by atomic mass is 10.1. The largest absolute Gasteiger partial charge is 0.508 e. The number of nitrogens with one attached hydrogen (secondary N) is 1. The van der Waals surface area contributed by atoms with E-state index in [4.69, 9.17) is 4.74 Å². The third-order valence-corrected chi connectivity index (χ3v) is 6.41. The van der Waals surface area contributed by atoms with E-state index in [1.807, 2.05) is 0 Å². The zero-order valence-electron chi connectivity index (χ0n) is 19.0. The average molecular weight is 671 g/mol. The number of anilines is 1. The van der Waals surface area contributed by atoms with Gasteiger partial charge in [-0.3, -0.25) is 25.0 Å². The number of ether oxygens (including phenoxy) is 1. The molecule has 15 heteroatoms. The summed E-state index contributed by atoms with van der Waals surface area (Å²) in [6, 6.07) is 8.69. The highest BCUT2D eigenvalue weighted by molar-refractivity contribution is 9.11. The number of aromatic hydroxyl groups is 1. The predicted molar refractivity (Wildman–Crippen MR) is 137 cm³/mol. The fourth-order valence-electron chi connectivity index (χ4n) is 3.45. The lowest BCUT2D eigenvalue weighted by molar-refractivity contribution is -0.385. The van der Waals surface area contributed by atoms with Gasteiger partial charge in [-0.05, 0) is 92.0 Å².